The molecule has 7 nitrogen and oxygen atoms in total. The van der Waals surface area contributed by atoms with Crippen LogP contribution in [0.3, 0.4) is 0 Å². The van der Waals surface area contributed by atoms with E-state index in [1.54, 1.807) is 27.7 Å². The average Bonchev–Trinajstić information content (AvgIpc) is 3.49. The molecule has 0 bridgehead atoms. The zero-order valence-corrected chi connectivity index (χ0v) is 35.2. The lowest BCUT2D eigenvalue weighted by molar-refractivity contribution is -0.0854. The Labute approximate surface area is 339 Å². The van der Waals surface area contributed by atoms with Gasteiger partial charge < -0.3 is 23.7 Å². The molecule has 1 N–H and O–H groups in total. The maximum Gasteiger partial charge on any atom is 0.410 e. The topological polar surface area (TPSA) is 67.2 Å². The lowest BCUT2D eigenvalue weighted by Crippen LogP contribution is -2.67. The maximum atomic E-state index is 16.9. The number of benzene rings is 4. The molecule has 1 saturated heterocycles. The maximum absolute atomic E-state index is 16.9. The van der Waals surface area contributed by atoms with Gasteiger partial charge in [-0.1, -0.05) is 99.6 Å². The number of amides is 1. The molecule has 7 rings (SSSR count). The number of ether oxygens (including phenoxy) is 1. The molecule has 2 aliphatic heterocycles. The molecule has 0 radical (unpaired) electrons. The summed E-state index contributed by atoms with van der Waals surface area (Å²) in [6.45, 7) is 12.0. The van der Waals surface area contributed by atoms with Crippen molar-refractivity contribution >= 4 is 35.7 Å². The van der Waals surface area contributed by atoms with Crippen LogP contribution >= 0.6 is 0 Å². The smallest absolute Gasteiger partial charge is 0.410 e. The van der Waals surface area contributed by atoms with Crippen LogP contribution < -0.4 is 10.4 Å². The Hall–Kier alpha value is -4.49. The summed E-state index contributed by atoms with van der Waals surface area (Å²) in [6.07, 6.45) is -1.80. The summed E-state index contributed by atoms with van der Waals surface area (Å²) in [5.74, 6) is -5.82. The first-order chi connectivity index (χ1) is 27.3. The minimum Gasteiger partial charge on any atom is -0.444 e. The fourth-order valence-electron chi connectivity index (χ4n) is 8.80. The van der Waals surface area contributed by atoms with Gasteiger partial charge in [0, 0.05) is 48.4 Å². The van der Waals surface area contributed by atoms with Gasteiger partial charge in [0.25, 0.3) is 14.2 Å². The number of alkyl halides is 2. The standard InChI is InChI=1S/C46H53F4N3O4Si/c1-30-25-52-38-21-15-14-16-31(38)24-39(52)41(40-36(47)22-32(23-37(40)48)42(54)33-26-51(27-33)43(55)57-44(2,3)4)53(30)28-46(49,50)29-56-58(45(5,6)7,34-17-10-8-11-18-34)35-19-12-9-13-20-35/h8-24,30,33,41-42,54H,25-29H2,1-7H3/t30-,41+,42?/m1/s1. The van der Waals surface area contributed by atoms with Gasteiger partial charge >= 0.3 is 6.09 Å². The van der Waals surface area contributed by atoms with E-state index in [0.29, 0.717) is 12.2 Å². The summed E-state index contributed by atoms with van der Waals surface area (Å²) >= 11 is 0. The number of hydrogen-bond acceptors (Lipinski definition) is 5. The van der Waals surface area contributed by atoms with Crippen LogP contribution in [-0.4, -0.2) is 77.7 Å². The van der Waals surface area contributed by atoms with E-state index in [0.717, 1.165) is 33.4 Å². The Kier molecular flexibility index (Phi) is 11.2. The van der Waals surface area contributed by atoms with Crippen LogP contribution in [0.2, 0.25) is 5.04 Å². The van der Waals surface area contributed by atoms with Gasteiger partial charge in [0.1, 0.15) is 17.2 Å². The van der Waals surface area contributed by atoms with Crippen LogP contribution in [0.1, 0.15) is 77.4 Å². The number of hydrogen-bond donors (Lipinski definition) is 1. The molecule has 4 aromatic carbocycles. The van der Waals surface area contributed by atoms with Crippen molar-refractivity contribution in [3.05, 3.63) is 132 Å². The predicted molar refractivity (Wildman–Crippen MR) is 221 cm³/mol. The van der Waals surface area contributed by atoms with E-state index in [4.69, 9.17) is 9.16 Å². The molecular weight excluding hydrogens is 763 g/mol. The van der Waals surface area contributed by atoms with Gasteiger partial charge in [0.2, 0.25) is 0 Å². The fraction of sp³-hybridized carbons (Fsp3) is 0.413. The Bertz CT molecular complexity index is 2190. The SMILES string of the molecule is C[C@@H]1Cn2c(cc3ccccc32)[C@@H](c2c(F)cc(C(O)C3CN(C(=O)OC(C)(C)C)C3)cc2F)N1CC(F)(F)CO[Si](c1ccccc1)(c1ccccc1)C(C)(C)C. The molecule has 3 heterocycles. The number of rotatable bonds is 10. The second-order valence-electron chi connectivity index (χ2n) is 18.0. The van der Waals surface area contributed by atoms with E-state index in [-0.39, 0.29) is 24.2 Å². The van der Waals surface area contributed by atoms with Gasteiger partial charge in [0.15, 0.2) is 0 Å². The summed E-state index contributed by atoms with van der Waals surface area (Å²) in [5.41, 5.74) is 0.259. The van der Waals surface area contributed by atoms with Crippen LogP contribution in [0.15, 0.2) is 103 Å². The van der Waals surface area contributed by atoms with Crippen molar-refractivity contribution in [1.29, 1.82) is 0 Å². The second-order valence-corrected chi connectivity index (χ2v) is 22.3. The van der Waals surface area contributed by atoms with E-state index in [9.17, 15) is 9.90 Å². The fourth-order valence-corrected chi connectivity index (χ4v) is 13.4. The summed E-state index contributed by atoms with van der Waals surface area (Å²) in [7, 11) is -3.34. The molecule has 308 valence electrons. The van der Waals surface area contributed by atoms with Gasteiger partial charge in [-0.3, -0.25) is 4.90 Å². The van der Waals surface area contributed by atoms with Gasteiger partial charge in [-0.05, 0) is 78.3 Å². The number of aliphatic hydroxyl groups excluding tert-OH is 1. The number of nitrogens with zero attached hydrogens (tertiary/aromatic N) is 3. The van der Waals surface area contributed by atoms with Gasteiger partial charge in [0.05, 0.1) is 25.3 Å². The number of likely N-dealkylation sites (tertiary alicyclic amines) is 1. The third-order valence-corrected chi connectivity index (χ3v) is 16.5. The zero-order valence-electron chi connectivity index (χ0n) is 34.2. The number of halogens is 4. The first-order valence-electron chi connectivity index (χ1n) is 19.9. The first kappa shape index (κ1) is 41.7. The van der Waals surface area contributed by atoms with Gasteiger partial charge in [-0.25, -0.2) is 22.4 Å². The molecule has 1 aromatic heterocycles. The highest BCUT2D eigenvalue weighted by atomic mass is 28.4. The monoisotopic (exact) mass is 815 g/mol. The molecule has 1 unspecified atom stereocenters. The van der Waals surface area contributed by atoms with E-state index < -0.39 is 79.9 Å². The largest absolute Gasteiger partial charge is 0.444 e. The van der Waals surface area contributed by atoms with E-state index in [1.165, 1.54) is 9.80 Å². The number of aliphatic hydroxyl groups is 1. The number of carbonyl (C=O) groups is 1. The number of carbonyl (C=O) groups excluding carboxylic acids is 1. The summed E-state index contributed by atoms with van der Waals surface area (Å²) in [6, 6.07) is 28.9. The third-order valence-electron chi connectivity index (χ3n) is 11.5. The molecule has 0 saturated carbocycles. The Morgan fingerprint density at radius 1 is 0.828 bits per heavy atom. The minimum absolute atomic E-state index is 0.00701. The molecular formula is C46H53F4N3O4Si. The van der Waals surface area contributed by atoms with E-state index in [1.807, 2.05) is 116 Å². The highest BCUT2D eigenvalue weighted by molar-refractivity contribution is 6.99. The number of fused-ring (bicyclic) bond motifs is 3. The molecule has 0 spiro atoms. The van der Waals surface area contributed by atoms with Crippen LogP contribution in [0.5, 0.6) is 0 Å². The Morgan fingerprint density at radius 2 is 1.38 bits per heavy atom. The Balaban J connectivity index is 1.22. The van der Waals surface area contributed by atoms with Crippen molar-refractivity contribution in [3.63, 3.8) is 0 Å². The quantitative estimate of drug-likeness (QED) is 0.113. The lowest BCUT2D eigenvalue weighted by Gasteiger charge is -2.45. The van der Waals surface area contributed by atoms with Crippen LogP contribution in [-0.2, 0) is 15.7 Å². The lowest BCUT2D eigenvalue weighted by atomic mass is 9.87. The molecule has 3 atom stereocenters. The Morgan fingerprint density at radius 3 is 1.93 bits per heavy atom. The molecule has 12 heteroatoms. The normalized spacial score (nSPS) is 18.9. The second kappa shape index (κ2) is 15.6. The number of para-hydroxylation sites is 1. The summed E-state index contributed by atoms with van der Waals surface area (Å²) < 4.78 is 81.1. The van der Waals surface area contributed by atoms with Crippen molar-refractivity contribution in [2.75, 3.05) is 26.2 Å². The van der Waals surface area contributed by atoms with E-state index >= 15 is 17.6 Å². The van der Waals surface area contributed by atoms with Crippen LogP contribution in [0.25, 0.3) is 10.9 Å². The van der Waals surface area contributed by atoms with Gasteiger partial charge in [-0.15, -0.1) is 0 Å². The molecule has 58 heavy (non-hydrogen) atoms. The summed E-state index contributed by atoms with van der Waals surface area (Å²) in [4.78, 5) is 15.4. The molecule has 0 aliphatic carbocycles. The van der Waals surface area contributed by atoms with E-state index in [2.05, 4.69) is 0 Å². The third kappa shape index (κ3) is 7.96. The van der Waals surface area contributed by atoms with Crippen LogP contribution in [0, 0.1) is 17.6 Å². The van der Waals surface area contributed by atoms with Gasteiger partial charge in [-0.2, -0.15) is 0 Å². The average molecular weight is 816 g/mol. The van der Waals surface area contributed by atoms with Crippen molar-refractivity contribution in [3.8, 4) is 0 Å². The highest BCUT2D eigenvalue weighted by Gasteiger charge is 2.53. The predicted octanol–water partition coefficient (Wildman–Crippen LogP) is 8.83. The highest BCUT2D eigenvalue weighted by Crippen LogP contribution is 2.44. The molecule has 1 fully saturated rings. The van der Waals surface area contributed by atoms with Crippen LogP contribution in [0.4, 0.5) is 22.4 Å². The van der Waals surface area contributed by atoms with Crippen molar-refractivity contribution in [1.82, 2.24) is 14.4 Å². The molecule has 5 aromatic rings. The first-order valence-corrected chi connectivity index (χ1v) is 21.8. The summed E-state index contributed by atoms with van der Waals surface area (Å²) in [5, 5.41) is 13.2. The molecule has 2 aliphatic rings. The zero-order chi connectivity index (χ0) is 41.8. The van der Waals surface area contributed by atoms with Crippen molar-refractivity contribution in [2.45, 2.75) is 89.8 Å². The molecule has 1 amide bonds. The van der Waals surface area contributed by atoms with Crippen molar-refractivity contribution in [2.24, 2.45) is 5.92 Å². The minimum atomic E-state index is -3.44. The van der Waals surface area contributed by atoms with Crippen molar-refractivity contribution < 1.29 is 36.6 Å². The number of aromatic nitrogens is 1.